The van der Waals surface area contributed by atoms with Gasteiger partial charge in [-0.25, -0.2) is 4.79 Å². The number of Topliss-reactive ketones (excluding diaryl/α,β-unsaturated/α-hetero) is 2. The molecule has 5 heteroatoms. The third-order valence-corrected chi connectivity index (χ3v) is 5.35. The largest absolute Gasteiger partial charge is 0.508 e. The van der Waals surface area contributed by atoms with Crippen LogP contribution >= 0.6 is 0 Å². The summed E-state index contributed by atoms with van der Waals surface area (Å²) in [5.41, 5.74) is 4.59. The van der Waals surface area contributed by atoms with Gasteiger partial charge in [-0.2, -0.15) is 0 Å². The van der Waals surface area contributed by atoms with Gasteiger partial charge >= 0.3 is 6.16 Å². The van der Waals surface area contributed by atoms with Gasteiger partial charge in [0.05, 0.1) is 12.5 Å². The topological polar surface area (TPSA) is 69.7 Å². The summed E-state index contributed by atoms with van der Waals surface area (Å²) in [6.07, 6.45) is 0.0693. The molecule has 2 aromatic carbocycles. The zero-order chi connectivity index (χ0) is 18.8. The average Bonchev–Trinajstić information content (AvgIpc) is 3.18. The van der Waals surface area contributed by atoms with Crippen LogP contribution in [0.1, 0.15) is 36.3 Å². The lowest BCUT2D eigenvalue weighted by Gasteiger charge is -2.14. The summed E-state index contributed by atoms with van der Waals surface area (Å²) >= 11 is 0. The second kappa shape index (κ2) is 7.35. The first-order valence-corrected chi connectivity index (χ1v) is 9.18. The number of hydrogen-bond donors (Lipinski definition) is 0. The molecule has 2 aliphatic rings. The summed E-state index contributed by atoms with van der Waals surface area (Å²) in [5.74, 6) is -0.762. The highest BCUT2D eigenvalue weighted by atomic mass is 16.7. The molecular formula is C22H20O5. The fourth-order valence-corrected chi connectivity index (χ4v) is 3.99. The Morgan fingerprint density at radius 3 is 1.96 bits per heavy atom. The van der Waals surface area contributed by atoms with E-state index in [1.807, 2.05) is 36.4 Å². The average molecular weight is 364 g/mol. The molecule has 27 heavy (non-hydrogen) atoms. The molecule has 2 aliphatic carbocycles. The standard InChI is InChI=1S/C22H20O5/c23-20-9-10-21(24)18(20)11-12-26-22(25)27-13-19-16-7-3-1-5-14(16)15-6-2-4-8-17(15)19/h1-8,18-19H,9-13H2. The van der Waals surface area contributed by atoms with Gasteiger partial charge in [0.2, 0.25) is 0 Å². The van der Waals surface area contributed by atoms with Crippen molar-refractivity contribution in [3.05, 3.63) is 59.7 Å². The van der Waals surface area contributed by atoms with E-state index in [1.165, 1.54) is 0 Å². The quantitative estimate of drug-likeness (QED) is 0.595. The Kier molecular flexibility index (Phi) is 4.75. The van der Waals surface area contributed by atoms with Crippen molar-refractivity contribution < 1.29 is 23.9 Å². The van der Waals surface area contributed by atoms with Crippen LogP contribution in [0.25, 0.3) is 11.1 Å². The Hall–Kier alpha value is -2.95. The van der Waals surface area contributed by atoms with Gasteiger partial charge in [-0.1, -0.05) is 48.5 Å². The predicted molar refractivity (Wildman–Crippen MR) is 98.4 cm³/mol. The summed E-state index contributed by atoms with van der Waals surface area (Å²) in [6.45, 7) is 0.201. The molecule has 0 spiro atoms. The normalized spacial score (nSPS) is 16.3. The third kappa shape index (κ3) is 3.37. The van der Waals surface area contributed by atoms with Crippen molar-refractivity contribution in [1.29, 1.82) is 0 Å². The molecule has 0 unspecified atom stereocenters. The SMILES string of the molecule is O=C(OCCC1C(=O)CCC1=O)OCC1c2ccccc2-c2ccccc21. The third-order valence-electron chi connectivity index (χ3n) is 5.35. The highest BCUT2D eigenvalue weighted by Crippen LogP contribution is 2.44. The van der Waals surface area contributed by atoms with E-state index >= 15 is 0 Å². The highest BCUT2D eigenvalue weighted by molar-refractivity contribution is 6.08. The van der Waals surface area contributed by atoms with E-state index < -0.39 is 12.1 Å². The maximum atomic E-state index is 11.9. The summed E-state index contributed by atoms with van der Waals surface area (Å²) in [4.78, 5) is 35.1. The molecule has 5 nitrogen and oxygen atoms in total. The van der Waals surface area contributed by atoms with Crippen LogP contribution in [0.5, 0.6) is 0 Å². The molecule has 0 radical (unpaired) electrons. The van der Waals surface area contributed by atoms with Gasteiger partial charge in [-0.3, -0.25) is 9.59 Å². The van der Waals surface area contributed by atoms with E-state index in [0.717, 1.165) is 22.3 Å². The zero-order valence-electron chi connectivity index (χ0n) is 14.9. The van der Waals surface area contributed by atoms with Gasteiger partial charge in [0.1, 0.15) is 18.2 Å². The number of benzene rings is 2. The lowest BCUT2D eigenvalue weighted by Crippen LogP contribution is -2.19. The van der Waals surface area contributed by atoms with Crippen LogP contribution in [0.15, 0.2) is 48.5 Å². The molecule has 1 saturated carbocycles. The molecule has 0 N–H and O–H groups in total. The van der Waals surface area contributed by atoms with Crippen LogP contribution < -0.4 is 0 Å². The van der Waals surface area contributed by atoms with Crippen molar-refractivity contribution in [2.75, 3.05) is 13.2 Å². The van der Waals surface area contributed by atoms with E-state index in [1.54, 1.807) is 0 Å². The molecule has 0 amide bonds. The van der Waals surface area contributed by atoms with E-state index in [9.17, 15) is 14.4 Å². The predicted octanol–water partition coefficient (Wildman–Crippen LogP) is 3.89. The van der Waals surface area contributed by atoms with Crippen molar-refractivity contribution in [3.63, 3.8) is 0 Å². The maximum absolute atomic E-state index is 11.9. The Balaban J connectivity index is 1.34. The van der Waals surface area contributed by atoms with E-state index in [4.69, 9.17) is 9.47 Å². The van der Waals surface area contributed by atoms with Gasteiger partial charge < -0.3 is 9.47 Å². The minimum atomic E-state index is -0.769. The fourth-order valence-electron chi connectivity index (χ4n) is 3.99. The number of fused-ring (bicyclic) bond motifs is 3. The smallest absolute Gasteiger partial charge is 0.434 e. The monoisotopic (exact) mass is 364 g/mol. The lowest BCUT2D eigenvalue weighted by atomic mass is 9.98. The Labute approximate surface area is 157 Å². The maximum Gasteiger partial charge on any atom is 0.508 e. The van der Waals surface area contributed by atoms with Crippen LogP contribution in [-0.4, -0.2) is 30.9 Å². The Morgan fingerprint density at radius 2 is 1.37 bits per heavy atom. The van der Waals surface area contributed by atoms with Crippen LogP contribution in [0.3, 0.4) is 0 Å². The molecule has 4 rings (SSSR count). The van der Waals surface area contributed by atoms with Crippen molar-refractivity contribution in [1.82, 2.24) is 0 Å². The molecule has 0 aromatic heterocycles. The highest BCUT2D eigenvalue weighted by Gasteiger charge is 2.33. The number of carbonyl (C=O) groups excluding carboxylic acids is 3. The minimum Gasteiger partial charge on any atom is -0.434 e. The first-order chi connectivity index (χ1) is 13.1. The molecule has 1 fully saturated rings. The number of carbonyl (C=O) groups is 3. The Morgan fingerprint density at radius 1 is 0.815 bits per heavy atom. The fraction of sp³-hybridized carbons (Fsp3) is 0.318. The van der Waals surface area contributed by atoms with E-state index in [2.05, 4.69) is 12.1 Å². The van der Waals surface area contributed by atoms with Crippen molar-refractivity contribution in [3.8, 4) is 11.1 Å². The first-order valence-electron chi connectivity index (χ1n) is 9.18. The lowest BCUT2D eigenvalue weighted by molar-refractivity contribution is -0.127. The van der Waals surface area contributed by atoms with Crippen LogP contribution in [0.4, 0.5) is 4.79 Å². The Bertz CT molecular complexity index is 840. The summed E-state index contributed by atoms with van der Waals surface area (Å²) in [5, 5.41) is 0. The molecule has 2 aromatic rings. The van der Waals surface area contributed by atoms with Crippen molar-refractivity contribution in [2.24, 2.45) is 5.92 Å². The van der Waals surface area contributed by atoms with E-state index in [-0.39, 0.29) is 37.1 Å². The number of rotatable bonds is 5. The number of ketones is 2. The molecule has 0 heterocycles. The van der Waals surface area contributed by atoms with Gasteiger partial charge in [-0.05, 0) is 28.7 Å². The van der Waals surface area contributed by atoms with Crippen LogP contribution in [0.2, 0.25) is 0 Å². The van der Waals surface area contributed by atoms with Gasteiger partial charge in [0, 0.05) is 18.8 Å². The molecule has 0 bridgehead atoms. The summed E-state index contributed by atoms with van der Waals surface area (Å²) < 4.78 is 10.4. The van der Waals surface area contributed by atoms with Crippen molar-refractivity contribution >= 4 is 17.7 Å². The van der Waals surface area contributed by atoms with Crippen LogP contribution in [0, 0.1) is 5.92 Å². The number of hydrogen-bond acceptors (Lipinski definition) is 5. The summed E-state index contributed by atoms with van der Waals surface area (Å²) in [6, 6.07) is 16.2. The molecular weight excluding hydrogens is 344 g/mol. The molecule has 0 saturated heterocycles. The number of ether oxygens (including phenoxy) is 2. The second-order valence-electron chi connectivity index (χ2n) is 6.91. The minimum absolute atomic E-state index is 0.0127. The first kappa shape index (κ1) is 17.5. The molecule has 138 valence electrons. The van der Waals surface area contributed by atoms with Crippen molar-refractivity contribution in [2.45, 2.75) is 25.2 Å². The second-order valence-corrected chi connectivity index (χ2v) is 6.91. The summed E-state index contributed by atoms with van der Waals surface area (Å²) in [7, 11) is 0. The zero-order valence-corrected chi connectivity index (χ0v) is 14.9. The van der Waals surface area contributed by atoms with Gasteiger partial charge in [0.15, 0.2) is 0 Å². The van der Waals surface area contributed by atoms with E-state index in [0.29, 0.717) is 12.8 Å². The van der Waals surface area contributed by atoms with Crippen LogP contribution in [-0.2, 0) is 19.1 Å². The van der Waals surface area contributed by atoms with Gasteiger partial charge in [-0.15, -0.1) is 0 Å². The molecule has 0 aliphatic heterocycles. The van der Waals surface area contributed by atoms with Gasteiger partial charge in [0.25, 0.3) is 0 Å². The molecule has 0 atom stereocenters.